The van der Waals surface area contributed by atoms with Crippen LogP contribution in [0.25, 0.3) is 0 Å². The summed E-state index contributed by atoms with van der Waals surface area (Å²) < 4.78 is 33.6. The van der Waals surface area contributed by atoms with Crippen LogP contribution in [0.2, 0.25) is 0 Å². The molecule has 0 N–H and O–H groups in total. The summed E-state index contributed by atoms with van der Waals surface area (Å²) in [6.45, 7) is 0. The zero-order valence-corrected chi connectivity index (χ0v) is 9.32. The van der Waals surface area contributed by atoms with Crippen molar-refractivity contribution in [1.82, 2.24) is 0 Å². The molecule has 0 aliphatic heterocycles. The summed E-state index contributed by atoms with van der Waals surface area (Å²) in [5, 5.41) is 0. The van der Waals surface area contributed by atoms with E-state index in [0.717, 1.165) is 0 Å². The van der Waals surface area contributed by atoms with E-state index in [-0.39, 0.29) is 51.2 Å². The Labute approximate surface area is 87.6 Å². The Hall–Kier alpha value is 0.579. The molecule has 11 heteroatoms. The van der Waals surface area contributed by atoms with Gasteiger partial charge >= 0.3 is 53.3 Å². The van der Waals surface area contributed by atoms with E-state index in [1.807, 2.05) is 0 Å². The fraction of sp³-hybridized carbons (Fsp3) is 0. The molecule has 0 fully saturated rings. The van der Waals surface area contributed by atoms with E-state index in [4.69, 9.17) is 17.8 Å². The minimum absolute atomic E-state index is 0. The first-order valence-electron chi connectivity index (χ1n) is 0.816. The molecule has 0 aromatic carbocycles. The van der Waals surface area contributed by atoms with E-state index >= 15 is 0 Å². The monoisotopic (exact) mass is 222 g/mol. The Morgan fingerprint density at radius 3 is 0.545 bits per heavy atom. The summed E-state index contributed by atoms with van der Waals surface area (Å²) in [5.74, 6) is 0. The van der Waals surface area contributed by atoms with Crippen molar-refractivity contribution in [1.29, 1.82) is 0 Å². The smallest absolute Gasteiger partial charge is 2.00 e. The van der Waals surface area contributed by atoms with Gasteiger partial charge in [0.05, 0.1) is 0 Å². The van der Waals surface area contributed by atoms with Crippen molar-refractivity contribution in [3.63, 3.8) is 0 Å². The topological polar surface area (TPSA) is 154 Å². The minimum atomic E-state index is -1.42. The van der Waals surface area contributed by atoms with Crippen LogP contribution in [0, 0.1) is 0 Å². The Morgan fingerprint density at radius 2 is 0.545 bits per heavy atom. The van der Waals surface area contributed by atoms with Crippen molar-refractivity contribution in [2.24, 2.45) is 0 Å². The number of hydrogen-bond donors (Lipinski definition) is 0. The zero-order valence-electron chi connectivity index (χ0n) is 5.01. The van der Waals surface area contributed by atoms with Crippen LogP contribution in [-0.4, -0.2) is 53.3 Å². The van der Waals surface area contributed by atoms with Gasteiger partial charge in [0.2, 0.25) is 0 Å². The van der Waals surface area contributed by atoms with Crippen molar-refractivity contribution in [2.45, 2.75) is 0 Å². The maximum Gasteiger partial charge on any atom is 3.00 e. The molecule has 7 nitrogen and oxygen atoms in total. The predicted molar refractivity (Wildman–Crippen MR) is 27.8 cm³/mol. The second-order valence-corrected chi connectivity index (χ2v) is 0.500. The summed E-state index contributed by atoms with van der Waals surface area (Å²) in [6.07, 6.45) is 0. The van der Waals surface area contributed by atoms with Crippen LogP contribution in [0.4, 0.5) is 0 Å². The maximum absolute atomic E-state index is 8.40. The van der Waals surface area contributed by atoms with Crippen LogP contribution < -0.4 is 0 Å². The van der Waals surface area contributed by atoms with E-state index in [9.17, 15) is 0 Å². The van der Waals surface area contributed by atoms with Gasteiger partial charge in [-0.2, -0.15) is 0 Å². The molecule has 0 radical (unpaired) electrons. The second-order valence-electron chi connectivity index (χ2n) is 0.167. The van der Waals surface area contributed by atoms with E-state index in [2.05, 4.69) is 0 Å². The first-order chi connectivity index (χ1) is 2.83. The van der Waals surface area contributed by atoms with Gasteiger partial charge in [0.1, 0.15) is 0 Å². The summed E-state index contributed by atoms with van der Waals surface area (Å²) in [6, 6.07) is 0. The molecule has 0 aliphatic rings. The molecule has 0 aromatic heterocycles. The van der Waals surface area contributed by atoms with Crippen LogP contribution in [0.1, 0.15) is 0 Å². The summed E-state index contributed by atoms with van der Waals surface area (Å²) in [5.41, 5.74) is 0. The van der Waals surface area contributed by atoms with E-state index < -0.39 is 18.6 Å². The standard InChI is InChI=1S/2Al.2O2Si.3O/c;;2*1-3-2;;;/q2*+3;;;3*-2. The zero-order chi connectivity index (χ0) is 5.41. The average Bonchev–Trinajstić information content (AvgIpc) is 1.39. The van der Waals surface area contributed by atoms with Crippen LogP contribution in [0.5, 0.6) is 0 Å². The molecule has 0 amide bonds. The molecule has 0 bridgehead atoms. The molecule has 0 aromatic rings. The van der Waals surface area contributed by atoms with Gasteiger partial charge in [-0.1, -0.05) is 0 Å². The number of rotatable bonds is 0. The molecule has 0 aliphatic carbocycles. The molecule has 0 spiro atoms. The molecule has 0 heterocycles. The van der Waals surface area contributed by atoms with Crippen LogP contribution >= 0.6 is 0 Å². The van der Waals surface area contributed by atoms with Gasteiger partial charge in [-0.3, -0.25) is 17.8 Å². The van der Waals surface area contributed by atoms with E-state index in [1.54, 1.807) is 0 Å². The first kappa shape index (κ1) is 61.8. The van der Waals surface area contributed by atoms with Gasteiger partial charge in [0.25, 0.3) is 0 Å². The third-order valence-corrected chi connectivity index (χ3v) is 0. The van der Waals surface area contributed by atoms with Crippen LogP contribution in [0.15, 0.2) is 0 Å². The van der Waals surface area contributed by atoms with Crippen molar-refractivity contribution in [2.75, 3.05) is 0 Å². The van der Waals surface area contributed by atoms with Crippen molar-refractivity contribution in [3.8, 4) is 0 Å². The van der Waals surface area contributed by atoms with Gasteiger partial charge < -0.3 is 16.4 Å². The Balaban J connectivity index is -0.00000000400. The van der Waals surface area contributed by atoms with Crippen molar-refractivity contribution < 1.29 is 34.3 Å². The Morgan fingerprint density at radius 1 is 0.545 bits per heavy atom. The summed E-state index contributed by atoms with van der Waals surface area (Å²) in [4.78, 5) is 0. The minimum Gasteiger partial charge on any atom is -2.00 e. The van der Waals surface area contributed by atoms with Gasteiger partial charge in [0.15, 0.2) is 0 Å². The van der Waals surface area contributed by atoms with Gasteiger partial charge in [-0.15, -0.1) is 0 Å². The van der Waals surface area contributed by atoms with Crippen molar-refractivity contribution >= 4 is 53.3 Å². The fourth-order valence-electron chi connectivity index (χ4n) is 0. The van der Waals surface area contributed by atoms with Gasteiger partial charge in [0, 0.05) is 0 Å². The molecule has 0 atom stereocenters. The number of hydrogen-bond acceptors (Lipinski definition) is 4. The molecule has 0 saturated carbocycles. The molecule has 11 heavy (non-hydrogen) atoms. The van der Waals surface area contributed by atoms with Crippen LogP contribution in [0.3, 0.4) is 0 Å². The van der Waals surface area contributed by atoms with E-state index in [0.29, 0.717) is 0 Å². The largest absolute Gasteiger partial charge is 3.00 e. The third kappa shape index (κ3) is 2320. The quantitative estimate of drug-likeness (QED) is 0.420. The van der Waals surface area contributed by atoms with Gasteiger partial charge in [-0.05, 0) is 0 Å². The molecule has 0 rings (SSSR count). The average molecular weight is 222 g/mol. The SMILES string of the molecule is O=[Si]=O.O=[Si]=O.[Al+3].[Al+3].[O-2].[O-2].[O-2]. The first-order valence-corrected chi connectivity index (χ1v) is 2.45. The van der Waals surface area contributed by atoms with E-state index in [1.165, 1.54) is 0 Å². The molecular weight excluding hydrogens is 222 g/mol. The van der Waals surface area contributed by atoms with Crippen molar-refractivity contribution in [3.05, 3.63) is 0 Å². The second kappa shape index (κ2) is 146. The predicted octanol–water partition coefficient (Wildman–Crippen LogP) is -2.35. The Bertz CT molecular complexity index is 68.4. The summed E-state index contributed by atoms with van der Waals surface area (Å²) in [7, 11) is -2.83. The van der Waals surface area contributed by atoms with Crippen LogP contribution in [-0.2, 0) is 34.3 Å². The fourth-order valence-corrected chi connectivity index (χ4v) is 0. The molecular formula is Al2O7Si2. The molecule has 0 saturated heterocycles. The molecule has 0 unspecified atom stereocenters. The maximum atomic E-state index is 8.40. The van der Waals surface area contributed by atoms with Gasteiger partial charge in [-0.25, -0.2) is 0 Å². The molecule has 56 valence electrons. The normalized spacial score (nSPS) is 1.45. The summed E-state index contributed by atoms with van der Waals surface area (Å²) >= 11 is 0. The Kier molecular flexibility index (Phi) is 820. The third-order valence-electron chi connectivity index (χ3n) is 0.